The van der Waals surface area contributed by atoms with Gasteiger partial charge in [-0.1, -0.05) is 18.2 Å². The fourth-order valence-corrected chi connectivity index (χ4v) is 2.96. The Bertz CT molecular complexity index is 758. The Hall–Kier alpha value is -2.09. The van der Waals surface area contributed by atoms with Crippen molar-refractivity contribution < 1.29 is 21.6 Å². The maximum atomic E-state index is 12.9. The highest BCUT2D eigenvalue weighted by molar-refractivity contribution is 7.92. The fourth-order valence-electron chi connectivity index (χ4n) is 1.73. The molecular weight excluding hydrogens is 305 g/mol. The molecule has 1 aromatic carbocycles. The molecule has 0 spiro atoms. The van der Waals surface area contributed by atoms with Gasteiger partial charge in [-0.3, -0.25) is 4.72 Å². The number of benzene rings is 1. The van der Waals surface area contributed by atoms with Crippen LogP contribution in [0.4, 0.5) is 19.0 Å². The van der Waals surface area contributed by atoms with Gasteiger partial charge in [0.05, 0.1) is 10.5 Å². The summed E-state index contributed by atoms with van der Waals surface area (Å²) in [4.78, 5) is 3.07. The first-order chi connectivity index (χ1) is 9.70. The van der Waals surface area contributed by atoms with E-state index in [4.69, 9.17) is 0 Å². The molecule has 0 atom stereocenters. The second-order valence-electron chi connectivity index (χ2n) is 4.26. The first kappa shape index (κ1) is 15.3. The third-order valence-electron chi connectivity index (χ3n) is 2.61. The predicted octanol–water partition coefficient (Wildman–Crippen LogP) is 3.21. The van der Waals surface area contributed by atoms with Gasteiger partial charge >= 0.3 is 6.18 Å². The van der Waals surface area contributed by atoms with E-state index in [9.17, 15) is 21.6 Å². The van der Waals surface area contributed by atoms with E-state index >= 15 is 0 Å². The average molecular weight is 316 g/mol. The number of sulfonamides is 1. The van der Waals surface area contributed by atoms with Crippen LogP contribution in [0.15, 0.2) is 47.4 Å². The smallest absolute Gasteiger partial charge is 0.263 e. The van der Waals surface area contributed by atoms with Gasteiger partial charge < -0.3 is 0 Å². The maximum Gasteiger partial charge on any atom is 0.417 e. The van der Waals surface area contributed by atoms with Crippen molar-refractivity contribution in [1.82, 2.24) is 4.98 Å². The molecule has 0 unspecified atom stereocenters. The number of nitrogens with one attached hydrogen (secondary N) is 1. The number of rotatable bonds is 3. The van der Waals surface area contributed by atoms with Crippen molar-refractivity contribution in [3.05, 3.63) is 53.7 Å². The highest BCUT2D eigenvalue weighted by atomic mass is 32.2. The number of hydrogen-bond acceptors (Lipinski definition) is 3. The Morgan fingerprint density at radius 2 is 1.71 bits per heavy atom. The highest BCUT2D eigenvalue weighted by Gasteiger charge is 2.36. The van der Waals surface area contributed by atoms with Crippen LogP contribution in [0.1, 0.15) is 11.3 Å². The molecule has 2 aromatic rings. The topological polar surface area (TPSA) is 59.1 Å². The molecule has 1 aromatic heterocycles. The summed E-state index contributed by atoms with van der Waals surface area (Å²) >= 11 is 0. The summed E-state index contributed by atoms with van der Waals surface area (Å²) in [6.45, 7) is 1.64. The molecular formula is C13H11F3N2O2S. The Kier molecular flexibility index (Phi) is 3.91. The third kappa shape index (κ3) is 3.52. The number of hydrogen-bond donors (Lipinski definition) is 1. The van der Waals surface area contributed by atoms with Gasteiger partial charge in [-0.05, 0) is 31.2 Å². The van der Waals surface area contributed by atoms with Crippen molar-refractivity contribution in [2.24, 2.45) is 0 Å². The van der Waals surface area contributed by atoms with Crippen LogP contribution in [0.5, 0.6) is 0 Å². The number of nitrogens with zero attached hydrogens (tertiary/aromatic N) is 1. The number of aromatic nitrogens is 1. The number of pyridine rings is 1. The fraction of sp³-hybridized carbons (Fsp3) is 0.154. The van der Waals surface area contributed by atoms with Gasteiger partial charge in [0.1, 0.15) is 5.82 Å². The molecule has 112 valence electrons. The molecule has 2 rings (SSSR count). The molecule has 0 bridgehead atoms. The molecule has 1 N–H and O–H groups in total. The van der Waals surface area contributed by atoms with Gasteiger partial charge in [0.2, 0.25) is 0 Å². The van der Waals surface area contributed by atoms with E-state index < -0.39 is 26.7 Å². The van der Waals surface area contributed by atoms with Crippen LogP contribution in [-0.4, -0.2) is 13.4 Å². The molecule has 8 heteroatoms. The van der Waals surface area contributed by atoms with Crippen molar-refractivity contribution in [2.45, 2.75) is 18.0 Å². The van der Waals surface area contributed by atoms with Crippen LogP contribution < -0.4 is 4.72 Å². The summed E-state index contributed by atoms with van der Waals surface area (Å²) in [5, 5.41) is 0. The van der Waals surface area contributed by atoms with Gasteiger partial charge in [0, 0.05) is 5.69 Å². The second-order valence-corrected chi connectivity index (χ2v) is 5.91. The molecule has 0 radical (unpaired) electrons. The van der Waals surface area contributed by atoms with Crippen LogP contribution in [0.2, 0.25) is 0 Å². The van der Waals surface area contributed by atoms with E-state index in [0.29, 0.717) is 5.69 Å². The molecule has 4 nitrogen and oxygen atoms in total. The first-order valence-corrected chi connectivity index (χ1v) is 7.31. The van der Waals surface area contributed by atoms with Gasteiger partial charge in [-0.2, -0.15) is 13.2 Å². The monoisotopic (exact) mass is 316 g/mol. The van der Waals surface area contributed by atoms with Gasteiger partial charge in [0.25, 0.3) is 10.0 Å². The molecule has 0 fully saturated rings. The minimum Gasteiger partial charge on any atom is -0.263 e. The molecule has 0 saturated carbocycles. The lowest BCUT2D eigenvalue weighted by Crippen LogP contribution is -2.19. The Balaban J connectivity index is 2.46. The lowest BCUT2D eigenvalue weighted by atomic mass is 10.2. The zero-order chi connectivity index (χ0) is 15.7. The Morgan fingerprint density at radius 1 is 1.05 bits per heavy atom. The van der Waals surface area contributed by atoms with E-state index in [1.165, 1.54) is 12.1 Å². The number of alkyl halides is 3. The summed E-state index contributed by atoms with van der Waals surface area (Å²) in [5.74, 6) is -0.0352. The predicted molar refractivity (Wildman–Crippen MR) is 71.2 cm³/mol. The van der Waals surface area contributed by atoms with E-state index in [2.05, 4.69) is 4.98 Å². The minimum absolute atomic E-state index is 0.0352. The average Bonchev–Trinajstić information content (AvgIpc) is 2.37. The molecule has 21 heavy (non-hydrogen) atoms. The summed E-state index contributed by atoms with van der Waals surface area (Å²) < 4.78 is 64.9. The largest absolute Gasteiger partial charge is 0.417 e. The van der Waals surface area contributed by atoms with E-state index in [1.807, 2.05) is 4.72 Å². The number of aryl methyl sites for hydroxylation is 1. The van der Waals surface area contributed by atoms with E-state index in [1.54, 1.807) is 19.1 Å². The number of halogens is 3. The SMILES string of the molecule is Cc1cccc(NS(=O)(=O)c2ccccc2C(F)(F)F)n1. The second kappa shape index (κ2) is 5.36. The molecule has 0 saturated heterocycles. The lowest BCUT2D eigenvalue weighted by molar-refractivity contribution is -0.139. The highest BCUT2D eigenvalue weighted by Crippen LogP contribution is 2.34. The van der Waals surface area contributed by atoms with Crippen molar-refractivity contribution in [3.63, 3.8) is 0 Å². The summed E-state index contributed by atoms with van der Waals surface area (Å²) in [5.41, 5.74) is -0.676. The van der Waals surface area contributed by atoms with Crippen molar-refractivity contribution >= 4 is 15.8 Å². The van der Waals surface area contributed by atoms with Gasteiger partial charge in [-0.25, -0.2) is 13.4 Å². The third-order valence-corrected chi connectivity index (χ3v) is 4.02. The van der Waals surface area contributed by atoms with E-state index in [-0.39, 0.29) is 5.82 Å². The maximum absolute atomic E-state index is 12.9. The normalized spacial score (nSPS) is 12.2. The van der Waals surface area contributed by atoms with E-state index in [0.717, 1.165) is 18.2 Å². The molecule has 1 heterocycles. The molecule has 0 amide bonds. The Labute approximate surface area is 119 Å². The van der Waals surface area contributed by atoms with Crippen molar-refractivity contribution in [1.29, 1.82) is 0 Å². The zero-order valence-corrected chi connectivity index (χ0v) is 11.7. The van der Waals surface area contributed by atoms with Crippen molar-refractivity contribution in [2.75, 3.05) is 4.72 Å². The van der Waals surface area contributed by atoms with Crippen molar-refractivity contribution in [3.8, 4) is 0 Å². The summed E-state index contributed by atoms with van der Waals surface area (Å²) in [6.07, 6.45) is -4.76. The zero-order valence-electron chi connectivity index (χ0n) is 10.8. The standard InChI is InChI=1S/C13H11F3N2O2S/c1-9-5-4-8-12(17-9)18-21(19,20)11-7-3-2-6-10(11)13(14,15)16/h2-8H,1H3,(H,17,18). The van der Waals surface area contributed by atoms with Crippen LogP contribution >= 0.6 is 0 Å². The van der Waals surface area contributed by atoms with Gasteiger partial charge in [0.15, 0.2) is 0 Å². The number of anilines is 1. The Morgan fingerprint density at radius 3 is 2.33 bits per heavy atom. The quantitative estimate of drug-likeness (QED) is 0.946. The summed E-state index contributed by atoms with van der Waals surface area (Å²) in [6, 6.07) is 8.54. The molecule has 0 aliphatic rings. The first-order valence-electron chi connectivity index (χ1n) is 5.83. The lowest BCUT2D eigenvalue weighted by Gasteiger charge is -2.14. The molecule has 0 aliphatic heterocycles. The van der Waals surface area contributed by atoms with Crippen LogP contribution in [0.3, 0.4) is 0 Å². The van der Waals surface area contributed by atoms with Crippen LogP contribution in [0, 0.1) is 6.92 Å². The van der Waals surface area contributed by atoms with Gasteiger partial charge in [-0.15, -0.1) is 0 Å². The van der Waals surface area contributed by atoms with Crippen LogP contribution in [0.25, 0.3) is 0 Å². The molecule has 0 aliphatic carbocycles. The minimum atomic E-state index is -4.76. The summed E-state index contributed by atoms with van der Waals surface area (Å²) in [7, 11) is -4.38. The van der Waals surface area contributed by atoms with Crippen LogP contribution in [-0.2, 0) is 16.2 Å².